The minimum atomic E-state index is -0.401. The molecule has 2 heterocycles. The fourth-order valence-electron chi connectivity index (χ4n) is 3.37. The standard InChI is InChI=1S/C21H26ClN5O3/c1-14(2)23-19(29)13-25-8-10-26(11-9-25)21(30)20-18(28)12-15(3)27(24-20)17-6-4-16(22)5-7-17/h4-7,12,14H,8-11,13H2,1-3H3,(H,23,29). The second-order valence-electron chi connectivity index (χ2n) is 7.68. The lowest BCUT2D eigenvalue weighted by atomic mass is 10.2. The molecule has 30 heavy (non-hydrogen) atoms. The molecule has 1 aromatic heterocycles. The molecule has 1 fully saturated rings. The average molecular weight is 432 g/mol. The molecule has 0 saturated carbocycles. The number of piperazine rings is 1. The van der Waals surface area contributed by atoms with E-state index in [9.17, 15) is 14.4 Å². The Morgan fingerprint density at radius 3 is 2.37 bits per heavy atom. The first-order chi connectivity index (χ1) is 14.2. The highest BCUT2D eigenvalue weighted by atomic mass is 35.5. The molecule has 8 nitrogen and oxygen atoms in total. The molecule has 1 aromatic carbocycles. The smallest absolute Gasteiger partial charge is 0.278 e. The van der Waals surface area contributed by atoms with Gasteiger partial charge in [-0.1, -0.05) is 11.6 Å². The fraction of sp³-hybridized carbons (Fsp3) is 0.429. The summed E-state index contributed by atoms with van der Waals surface area (Å²) in [5.41, 5.74) is 0.829. The largest absolute Gasteiger partial charge is 0.353 e. The zero-order valence-corrected chi connectivity index (χ0v) is 18.1. The Morgan fingerprint density at radius 1 is 1.13 bits per heavy atom. The highest BCUT2D eigenvalue weighted by Crippen LogP contribution is 2.14. The summed E-state index contributed by atoms with van der Waals surface area (Å²) >= 11 is 5.95. The second-order valence-corrected chi connectivity index (χ2v) is 8.11. The molecule has 1 saturated heterocycles. The number of carbonyl (C=O) groups is 2. The molecule has 1 N–H and O–H groups in total. The number of rotatable bonds is 5. The van der Waals surface area contributed by atoms with E-state index in [0.717, 1.165) is 0 Å². The van der Waals surface area contributed by atoms with E-state index >= 15 is 0 Å². The zero-order chi connectivity index (χ0) is 21.8. The Labute approximate surface area is 180 Å². The summed E-state index contributed by atoms with van der Waals surface area (Å²) in [6.45, 7) is 7.89. The van der Waals surface area contributed by atoms with E-state index in [2.05, 4.69) is 10.4 Å². The van der Waals surface area contributed by atoms with Crippen molar-refractivity contribution in [2.75, 3.05) is 32.7 Å². The lowest BCUT2D eigenvalue weighted by molar-refractivity contribution is -0.123. The minimum Gasteiger partial charge on any atom is -0.353 e. The monoisotopic (exact) mass is 431 g/mol. The predicted octanol–water partition coefficient (Wildman–Crippen LogP) is 1.48. The van der Waals surface area contributed by atoms with Gasteiger partial charge in [0.05, 0.1) is 12.2 Å². The first kappa shape index (κ1) is 22.0. The number of nitrogens with zero attached hydrogens (tertiary/aromatic N) is 4. The second kappa shape index (κ2) is 9.40. The van der Waals surface area contributed by atoms with E-state index in [4.69, 9.17) is 11.6 Å². The van der Waals surface area contributed by atoms with Crippen LogP contribution in [0, 0.1) is 6.92 Å². The quantitative estimate of drug-likeness (QED) is 0.774. The molecular weight excluding hydrogens is 406 g/mol. The van der Waals surface area contributed by atoms with Crippen LogP contribution in [0.3, 0.4) is 0 Å². The Bertz CT molecular complexity index is 979. The van der Waals surface area contributed by atoms with E-state index in [1.807, 2.05) is 18.7 Å². The minimum absolute atomic E-state index is 0.0316. The SMILES string of the molecule is Cc1cc(=O)c(C(=O)N2CCN(CC(=O)NC(C)C)CC2)nn1-c1ccc(Cl)cc1. The first-order valence-electron chi connectivity index (χ1n) is 9.92. The van der Waals surface area contributed by atoms with Gasteiger partial charge < -0.3 is 10.2 Å². The lowest BCUT2D eigenvalue weighted by Crippen LogP contribution is -2.52. The maximum atomic E-state index is 13.0. The van der Waals surface area contributed by atoms with E-state index in [0.29, 0.717) is 49.1 Å². The van der Waals surface area contributed by atoms with E-state index < -0.39 is 11.3 Å². The predicted molar refractivity (Wildman–Crippen MR) is 115 cm³/mol. The van der Waals surface area contributed by atoms with E-state index in [1.54, 1.807) is 40.8 Å². The van der Waals surface area contributed by atoms with Gasteiger partial charge in [0.1, 0.15) is 0 Å². The molecule has 2 aromatic rings. The number of aromatic nitrogens is 2. The number of nitrogens with one attached hydrogen (secondary N) is 1. The van der Waals surface area contributed by atoms with Gasteiger partial charge in [0.25, 0.3) is 5.91 Å². The molecule has 1 aliphatic rings. The normalized spacial score (nSPS) is 14.8. The van der Waals surface area contributed by atoms with Crippen molar-refractivity contribution in [2.24, 2.45) is 0 Å². The zero-order valence-electron chi connectivity index (χ0n) is 17.4. The highest BCUT2D eigenvalue weighted by molar-refractivity contribution is 6.30. The topological polar surface area (TPSA) is 87.5 Å². The summed E-state index contributed by atoms with van der Waals surface area (Å²) in [6.07, 6.45) is 0. The van der Waals surface area contributed by atoms with Gasteiger partial charge in [0.2, 0.25) is 11.3 Å². The van der Waals surface area contributed by atoms with Crippen molar-refractivity contribution >= 4 is 23.4 Å². The Kier molecular flexibility index (Phi) is 6.89. The van der Waals surface area contributed by atoms with Crippen molar-refractivity contribution in [2.45, 2.75) is 26.8 Å². The summed E-state index contributed by atoms with van der Waals surface area (Å²) in [5.74, 6) is -0.426. The van der Waals surface area contributed by atoms with Crippen molar-refractivity contribution in [1.82, 2.24) is 24.9 Å². The van der Waals surface area contributed by atoms with E-state index in [1.165, 1.54) is 6.07 Å². The molecule has 2 amide bonds. The van der Waals surface area contributed by atoms with Gasteiger partial charge in [-0.15, -0.1) is 0 Å². The molecule has 3 rings (SSSR count). The molecule has 0 spiro atoms. The van der Waals surface area contributed by atoms with Gasteiger partial charge >= 0.3 is 0 Å². The number of amides is 2. The van der Waals surface area contributed by atoms with E-state index in [-0.39, 0.29) is 17.6 Å². The van der Waals surface area contributed by atoms with Crippen LogP contribution < -0.4 is 10.7 Å². The third kappa shape index (κ3) is 5.25. The molecule has 9 heteroatoms. The van der Waals surface area contributed by atoms with Crippen LogP contribution in [0.5, 0.6) is 0 Å². The van der Waals surface area contributed by atoms with Crippen LogP contribution in [-0.2, 0) is 4.79 Å². The molecule has 0 atom stereocenters. The Morgan fingerprint density at radius 2 is 1.77 bits per heavy atom. The third-order valence-corrected chi connectivity index (χ3v) is 5.11. The Balaban J connectivity index is 1.71. The van der Waals surface area contributed by atoms with Crippen molar-refractivity contribution < 1.29 is 9.59 Å². The summed E-state index contributed by atoms with van der Waals surface area (Å²) in [7, 11) is 0. The van der Waals surface area contributed by atoms with Crippen LogP contribution in [0.25, 0.3) is 5.69 Å². The summed E-state index contributed by atoms with van der Waals surface area (Å²) in [4.78, 5) is 41.0. The molecule has 0 bridgehead atoms. The first-order valence-corrected chi connectivity index (χ1v) is 10.3. The van der Waals surface area contributed by atoms with Crippen LogP contribution >= 0.6 is 11.6 Å². The van der Waals surface area contributed by atoms with Gasteiger partial charge in [0.15, 0.2) is 5.69 Å². The molecule has 0 unspecified atom stereocenters. The van der Waals surface area contributed by atoms with Crippen molar-refractivity contribution in [3.05, 3.63) is 57.0 Å². The van der Waals surface area contributed by atoms with Crippen molar-refractivity contribution in [1.29, 1.82) is 0 Å². The average Bonchev–Trinajstić information content (AvgIpc) is 2.68. The van der Waals surface area contributed by atoms with Crippen LogP contribution in [0.15, 0.2) is 35.1 Å². The lowest BCUT2D eigenvalue weighted by Gasteiger charge is -2.34. The molecule has 0 radical (unpaired) electrons. The summed E-state index contributed by atoms with van der Waals surface area (Å²) < 4.78 is 1.57. The fourth-order valence-corrected chi connectivity index (χ4v) is 3.49. The highest BCUT2D eigenvalue weighted by Gasteiger charge is 2.26. The van der Waals surface area contributed by atoms with Crippen LogP contribution in [-0.4, -0.2) is 70.2 Å². The number of benzene rings is 1. The van der Waals surface area contributed by atoms with Gasteiger partial charge in [-0.05, 0) is 45.0 Å². The maximum absolute atomic E-state index is 13.0. The van der Waals surface area contributed by atoms with Gasteiger partial charge in [-0.3, -0.25) is 19.3 Å². The summed E-state index contributed by atoms with van der Waals surface area (Å²) in [6, 6.07) is 8.53. The number of hydrogen-bond donors (Lipinski definition) is 1. The summed E-state index contributed by atoms with van der Waals surface area (Å²) in [5, 5.41) is 7.79. The number of halogens is 1. The van der Waals surface area contributed by atoms with Crippen LogP contribution in [0.4, 0.5) is 0 Å². The number of hydrogen-bond acceptors (Lipinski definition) is 5. The maximum Gasteiger partial charge on any atom is 0.278 e. The molecule has 160 valence electrons. The molecular formula is C21H26ClN5O3. The Hall–Kier alpha value is -2.71. The van der Waals surface area contributed by atoms with Crippen LogP contribution in [0.1, 0.15) is 30.0 Å². The number of carbonyl (C=O) groups excluding carboxylic acids is 2. The van der Waals surface area contributed by atoms with Crippen molar-refractivity contribution in [3.8, 4) is 5.69 Å². The molecule has 1 aliphatic heterocycles. The van der Waals surface area contributed by atoms with Gasteiger partial charge in [-0.2, -0.15) is 5.10 Å². The van der Waals surface area contributed by atoms with Crippen LogP contribution in [0.2, 0.25) is 5.02 Å². The van der Waals surface area contributed by atoms with Gasteiger partial charge in [0, 0.05) is 49.0 Å². The van der Waals surface area contributed by atoms with Gasteiger partial charge in [-0.25, -0.2) is 4.68 Å². The molecule has 0 aliphatic carbocycles. The third-order valence-electron chi connectivity index (χ3n) is 4.86. The number of aryl methyl sites for hydroxylation is 1. The van der Waals surface area contributed by atoms with Crippen molar-refractivity contribution in [3.63, 3.8) is 0 Å².